The Morgan fingerprint density at radius 1 is 1.44 bits per heavy atom. The molecule has 0 aromatic carbocycles. The fraction of sp³-hybridized carbons (Fsp3) is 1.00. The zero-order valence-electron chi connectivity index (χ0n) is 6.61. The van der Waals surface area contributed by atoms with Crippen molar-refractivity contribution in [1.29, 1.82) is 0 Å². The van der Waals surface area contributed by atoms with Gasteiger partial charge in [-0.2, -0.15) is 0 Å². The first kappa shape index (κ1) is 7.07. The van der Waals surface area contributed by atoms with Gasteiger partial charge in [0.2, 0.25) is 0 Å². The zero-order chi connectivity index (χ0) is 6.91. The standard InChI is InChI=1S/C8H16O/c1-7-6-9-5-4-8(7,2)3/h7H,4-6H2,1-3H3/t7-/m0/s1. The van der Waals surface area contributed by atoms with E-state index in [1.54, 1.807) is 0 Å². The minimum atomic E-state index is 0.512. The Bertz CT molecular complexity index is 96.7. The Morgan fingerprint density at radius 3 is 2.44 bits per heavy atom. The van der Waals surface area contributed by atoms with E-state index in [4.69, 9.17) is 4.74 Å². The number of rotatable bonds is 0. The fourth-order valence-electron chi connectivity index (χ4n) is 1.07. The van der Waals surface area contributed by atoms with Gasteiger partial charge in [-0.1, -0.05) is 20.8 Å². The summed E-state index contributed by atoms with van der Waals surface area (Å²) in [7, 11) is 0. The molecule has 0 aliphatic carbocycles. The lowest BCUT2D eigenvalue weighted by Gasteiger charge is -2.35. The number of ether oxygens (including phenoxy) is 1. The fourth-order valence-corrected chi connectivity index (χ4v) is 1.07. The van der Waals surface area contributed by atoms with Gasteiger partial charge >= 0.3 is 0 Å². The molecule has 0 radical (unpaired) electrons. The maximum atomic E-state index is 5.32. The molecule has 1 heteroatoms. The van der Waals surface area contributed by atoms with E-state index in [1.165, 1.54) is 6.42 Å². The Kier molecular flexibility index (Phi) is 1.80. The van der Waals surface area contributed by atoms with Gasteiger partial charge in [-0.3, -0.25) is 0 Å². The molecule has 0 spiro atoms. The van der Waals surface area contributed by atoms with E-state index >= 15 is 0 Å². The van der Waals surface area contributed by atoms with Crippen molar-refractivity contribution in [1.82, 2.24) is 0 Å². The second-order valence-corrected chi connectivity index (χ2v) is 3.71. The molecule has 9 heavy (non-hydrogen) atoms. The molecular weight excluding hydrogens is 112 g/mol. The van der Waals surface area contributed by atoms with Crippen molar-refractivity contribution in [2.24, 2.45) is 11.3 Å². The van der Waals surface area contributed by atoms with Gasteiger partial charge in [-0.15, -0.1) is 0 Å². The molecule has 54 valence electrons. The van der Waals surface area contributed by atoms with Crippen LogP contribution in [0.1, 0.15) is 27.2 Å². The molecule has 1 fully saturated rings. The summed E-state index contributed by atoms with van der Waals surface area (Å²) in [4.78, 5) is 0. The Hall–Kier alpha value is -0.0400. The summed E-state index contributed by atoms with van der Waals surface area (Å²) >= 11 is 0. The molecule has 1 atom stereocenters. The van der Waals surface area contributed by atoms with E-state index in [-0.39, 0.29) is 0 Å². The van der Waals surface area contributed by atoms with Crippen LogP contribution >= 0.6 is 0 Å². The van der Waals surface area contributed by atoms with E-state index in [9.17, 15) is 0 Å². The highest BCUT2D eigenvalue weighted by molar-refractivity contribution is 4.77. The Labute approximate surface area is 57.4 Å². The van der Waals surface area contributed by atoms with E-state index in [2.05, 4.69) is 20.8 Å². The molecule has 1 heterocycles. The molecule has 0 unspecified atom stereocenters. The summed E-state index contributed by atoms with van der Waals surface area (Å²) in [5.74, 6) is 0.728. The average Bonchev–Trinajstić information content (AvgIpc) is 1.77. The topological polar surface area (TPSA) is 9.23 Å². The molecule has 1 aliphatic rings. The first-order valence-electron chi connectivity index (χ1n) is 3.71. The van der Waals surface area contributed by atoms with Crippen molar-refractivity contribution >= 4 is 0 Å². The lowest BCUT2D eigenvalue weighted by Crippen LogP contribution is -2.32. The maximum Gasteiger partial charge on any atom is 0.0496 e. The van der Waals surface area contributed by atoms with Gasteiger partial charge in [0.25, 0.3) is 0 Å². The van der Waals surface area contributed by atoms with Crippen LogP contribution in [-0.4, -0.2) is 13.2 Å². The van der Waals surface area contributed by atoms with Crippen molar-refractivity contribution in [3.63, 3.8) is 0 Å². The summed E-state index contributed by atoms with van der Waals surface area (Å²) in [5, 5.41) is 0. The van der Waals surface area contributed by atoms with Crippen LogP contribution in [0.2, 0.25) is 0 Å². The monoisotopic (exact) mass is 128 g/mol. The molecule has 0 saturated carbocycles. The molecule has 0 amide bonds. The Balaban J connectivity index is 2.49. The molecule has 1 rings (SSSR count). The Morgan fingerprint density at radius 2 is 2.11 bits per heavy atom. The largest absolute Gasteiger partial charge is 0.381 e. The number of hydrogen-bond donors (Lipinski definition) is 0. The van der Waals surface area contributed by atoms with Gasteiger partial charge in [0.15, 0.2) is 0 Å². The van der Waals surface area contributed by atoms with Crippen LogP contribution in [0.4, 0.5) is 0 Å². The van der Waals surface area contributed by atoms with Crippen LogP contribution in [0.15, 0.2) is 0 Å². The number of hydrogen-bond acceptors (Lipinski definition) is 1. The van der Waals surface area contributed by atoms with Gasteiger partial charge < -0.3 is 4.74 Å². The molecule has 0 aromatic heterocycles. The van der Waals surface area contributed by atoms with Gasteiger partial charge in [-0.05, 0) is 17.8 Å². The van der Waals surface area contributed by atoms with Crippen LogP contribution in [0.5, 0.6) is 0 Å². The normalized spacial score (nSPS) is 34.3. The third-order valence-electron chi connectivity index (χ3n) is 2.59. The van der Waals surface area contributed by atoms with Gasteiger partial charge in [0, 0.05) is 13.2 Å². The van der Waals surface area contributed by atoms with Gasteiger partial charge in [-0.25, -0.2) is 0 Å². The molecular formula is C8H16O. The quantitative estimate of drug-likeness (QED) is 0.485. The molecule has 0 N–H and O–H groups in total. The maximum absolute atomic E-state index is 5.32. The zero-order valence-corrected chi connectivity index (χ0v) is 6.61. The van der Waals surface area contributed by atoms with Crippen LogP contribution < -0.4 is 0 Å². The lowest BCUT2D eigenvalue weighted by atomic mass is 9.77. The van der Waals surface area contributed by atoms with Crippen LogP contribution in [0.3, 0.4) is 0 Å². The van der Waals surface area contributed by atoms with Crippen molar-refractivity contribution in [2.45, 2.75) is 27.2 Å². The highest BCUT2D eigenvalue weighted by Gasteiger charge is 2.28. The molecule has 1 aliphatic heterocycles. The molecule has 0 bridgehead atoms. The van der Waals surface area contributed by atoms with Crippen molar-refractivity contribution in [3.8, 4) is 0 Å². The summed E-state index contributed by atoms with van der Waals surface area (Å²) in [5.41, 5.74) is 0.512. The van der Waals surface area contributed by atoms with Crippen LogP contribution in [0.25, 0.3) is 0 Å². The molecule has 0 aromatic rings. The lowest BCUT2D eigenvalue weighted by molar-refractivity contribution is -0.0151. The van der Waals surface area contributed by atoms with E-state index in [0.29, 0.717) is 5.41 Å². The van der Waals surface area contributed by atoms with Crippen molar-refractivity contribution < 1.29 is 4.74 Å². The first-order valence-corrected chi connectivity index (χ1v) is 3.71. The third-order valence-corrected chi connectivity index (χ3v) is 2.59. The van der Waals surface area contributed by atoms with Gasteiger partial charge in [0.05, 0.1) is 0 Å². The minimum absolute atomic E-state index is 0.512. The molecule has 1 nitrogen and oxygen atoms in total. The average molecular weight is 128 g/mol. The van der Waals surface area contributed by atoms with Crippen LogP contribution in [0, 0.1) is 11.3 Å². The predicted molar refractivity (Wildman–Crippen MR) is 38.4 cm³/mol. The van der Waals surface area contributed by atoms with Crippen molar-refractivity contribution in [3.05, 3.63) is 0 Å². The van der Waals surface area contributed by atoms with Crippen LogP contribution in [-0.2, 0) is 4.74 Å². The summed E-state index contributed by atoms with van der Waals surface area (Å²) in [6.45, 7) is 8.81. The summed E-state index contributed by atoms with van der Waals surface area (Å²) < 4.78 is 5.32. The van der Waals surface area contributed by atoms with E-state index in [0.717, 1.165) is 19.1 Å². The summed E-state index contributed by atoms with van der Waals surface area (Å²) in [6.07, 6.45) is 1.22. The summed E-state index contributed by atoms with van der Waals surface area (Å²) in [6, 6.07) is 0. The second-order valence-electron chi connectivity index (χ2n) is 3.71. The minimum Gasteiger partial charge on any atom is -0.381 e. The first-order chi connectivity index (χ1) is 4.13. The predicted octanol–water partition coefficient (Wildman–Crippen LogP) is 2.07. The third kappa shape index (κ3) is 1.45. The van der Waals surface area contributed by atoms with E-state index < -0.39 is 0 Å². The smallest absolute Gasteiger partial charge is 0.0496 e. The van der Waals surface area contributed by atoms with Gasteiger partial charge in [0.1, 0.15) is 0 Å². The highest BCUT2D eigenvalue weighted by Crippen LogP contribution is 2.33. The highest BCUT2D eigenvalue weighted by atomic mass is 16.5. The van der Waals surface area contributed by atoms with Crippen molar-refractivity contribution in [2.75, 3.05) is 13.2 Å². The second kappa shape index (κ2) is 2.30. The van der Waals surface area contributed by atoms with E-state index in [1.807, 2.05) is 0 Å². The molecule has 1 saturated heterocycles. The SMILES string of the molecule is C[C@H]1COCCC1(C)C.